The molecule has 4 N–H and O–H groups in total. The number of rotatable bonds is 7. The van der Waals surface area contributed by atoms with E-state index >= 15 is 0 Å². The average molecular weight is 552 g/mol. The lowest BCUT2D eigenvalue weighted by Crippen LogP contribution is -2.13. The molecule has 0 atom stereocenters. The van der Waals surface area contributed by atoms with Crippen molar-refractivity contribution in [1.82, 2.24) is 0 Å². The maximum atomic E-state index is 13.3. The van der Waals surface area contributed by atoms with Gasteiger partial charge in [0, 0.05) is 21.9 Å². The number of phenolic OH excluding ortho intramolecular Hbond substituents is 1. The molecule has 9 nitrogen and oxygen atoms in total. The lowest BCUT2D eigenvalue weighted by Gasteiger charge is -2.20. The van der Waals surface area contributed by atoms with Crippen molar-refractivity contribution in [3.63, 3.8) is 0 Å². The number of phosphoric acid groups is 1. The van der Waals surface area contributed by atoms with Crippen LogP contribution in [-0.2, 0) is 14.6 Å². The van der Waals surface area contributed by atoms with Crippen LogP contribution in [-0.4, -0.2) is 30.4 Å². The van der Waals surface area contributed by atoms with Crippen molar-refractivity contribution < 1.29 is 37.1 Å². The Hall–Kier alpha value is -4.08. The summed E-state index contributed by atoms with van der Waals surface area (Å²) in [6.07, 6.45) is 0. The number of hydrogen-bond donors (Lipinski definition) is 4. The van der Waals surface area contributed by atoms with Gasteiger partial charge in [-0.3, -0.25) is 14.5 Å². The highest BCUT2D eigenvalue weighted by molar-refractivity contribution is 7.92. The Morgan fingerprint density at radius 3 is 2.11 bits per heavy atom. The van der Waals surface area contributed by atoms with E-state index in [1.54, 1.807) is 42.5 Å². The first-order valence-corrected chi connectivity index (χ1v) is 14.3. The maximum Gasteiger partial charge on any atom is 0.524 e. The Morgan fingerprint density at radius 2 is 1.45 bits per heavy atom. The van der Waals surface area contributed by atoms with Crippen LogP contribution in [0, 0.1) is 0 Å². The fraction of sp³-hybridized carbons (Fsp3) is 0.0370. The van der Waals surface area contributed by atoms with Gasteiger partial charge in [-0.25, -0.2) is 13.0 Å². The van der Waals surface area contributed by atoms with Crippen LogP contribution in [0.15, 0.2) is 95.9 Å². The molecule has 0 bridgehead atoms. The number of hydrogen-bond acceptors (Lipinski definition) is 6. The maximum absolute atomic E-state index is 13.3. The lowest BCUT2D eigenvalue weighted by molar-refractivity contribution is 0.284. The Kier molecular flexibility index (Phi) is 6.50. The molecule has 0 aliphatic heterocycles. The number of anilines is 1. The molecule has 0 amide bonds. The monoisotopic (exact) mass is 551 g/mol. The third-order valence-electron chi connectivity index (χ3n) is 6.00. The van der Waals surface area contributed by atoms with Gasteiger partial charge in [0.25, 0.3) is 10.0 Å². The van der Waals surface area contributed by atoms with Crippen molar-refractivity contribution in [2.24, 2.45) is 0 Å². The first-order valence-electron chi connectivity index (χ1n) is 11.3. The quantitative estimate of drug-likeness (QED) is 0.190. The fourth-order valence-corrected chi connectivity index (χ4v) is 5.84. The molecule has 0 radical (unpaired) electrons. The van der Waals surface area contributed by atoms with Gasteiger partial charge < -0.3 is 14.4 Å². The largest absolute Gasteiger partial charge is 0.524 e. The third-order valence-corrected chi connectivity index (χ3v) is 7.80. The molecule has 0 heterocycles. The normalized spacial score (nSPS) is 12.0. The van der Waals surface area contributed by atoms with Gasteiger partial charge in [0.2, 0.25) is 0 Å². The van der Waals surface area contributed by atoms with E-state index in [0.29, 0.717) is 16.5 Å². The fourth-order valence-electron chi connectivity index (χ4n) is 4.34. The summed E-state index contributed by atoms with van der Waals surface area (Å²) in [5.41, 5.74) is 0.438. The van der Waals surface area contributed by atoms with E-state index in [0.717, 1.165) is 5.39 Å². The Bertz CT molecular complexity index is 1830. The molecular formula is C27H22NO8PS. The highest BCUT2D eigenvalue weighted by Gasteiger charge is 2.26. The van der Waals surface area contributed by atoms with Gasteiger partial charge in [0.05, 0.1) is 17.7 Å². The van der Waals surface area contributed by atoms with Gasteiger partial charge in [-0.2, -0.15) is 0 Å². The van der Waals surface area contributed by atoms with E-state index in [9.17, 15) is 27.9 Å². The van der Waals surface area contributed by atoms with Gasteiger partial charge in [-0.1, -0.05) is 54.6 Å². The van der Waals surface area contributed by atoms with Crippen molar-refractivity contribution in [1.29, 1.82) is 0 Å². The lowest BCUT2D eigenvalue weighted by atomic mass is 9.93. The second-order valence-electron chi connectivity index (χ2n) is 8.39. The Morgan fingerprint density at radius 1 is 0.816 bits per heavy atom. The summed E-state index contributed by atoms with van der Waals surface area (Å²) in [6.45, 7) is 0. The summed E-state index contributed by atoms with van der Waals surface area (Å²) < 4.78 is 51.5. The molecule has 38 heavy (non-hydrogen) atoms. The van der Waals surface area contributed by atoms with Crippen molar-refractivity contribution in [2.75, 3.05) is 11.8 Å². The summed E-state index contributed by atoms with van der Waals surface area (Å²) in [5, 5.41) is 12.8. The van der Waals surface area contributed by atoms with Crippen molar-refractivity contribution in [2.45, 2.75) is 4.90 Å². The first-order chi connectivity index (χ1) is 18.1. The summed E-state index contributed by atoms with van der Waals surface area (Å²) in [7, 11) is -7.68. The number of ether oxygens (including phenoxy) is 1. The smallest absolute Gasteiger partial charge is 0.507 e. The van der Waals surface area contributed by atoms with Crippen LogP contribution in [0.4, 0.5) is 5.69 Å². The van der Waals surface area contributed by atoms with Gasteiger partial charge in [0.1, 0.15) is 17.2 Å². The molecular weight excluding hydrogens is 529 g/mol. The third kappa shape index (κ3) is 4.90. The average Bonchev–Trinajstić information content (AvgIpc) is 2.89. The van der Waals surface area contributed by atoms with E-state index in [-0.39, 0.29) is 38.6 Å². The minimum Gasteiger partial charge on any atom is -0.507 e. The second kappa shape index (κ2) is 9.66. The standard InChI is InChI=1S/C27H22NO8PS/c1-35-18-11-13-19(14-12-18)38(33,34)28-24-16-23(26-20-7-3-2-6-17(20)10-15-25(26)29)27(36-37(30,31)32)22-9-5-4-8-21(22)24/h2-16,28-29H,1H3,(H2,30,31,32). The molecule has 0 saturated heterocycles. The molecule has 0 aliphatic rings. The molecule has 5 aromatic rings. The number of nitrogens with one attached hydrogen (secondary N) is 1. The number of fused-ring (bicyclic) bond motifs is 2. The minimum atomic E-state index is -5.06. The van der Waals surface area contributed by atoms with E-state index in [4.69, 9.17) is 9.26 Å². The van der Waals surface area contributed by atoms with Crippen molar-refractivity contribution in [3.8, 4) is 28.4 Å². The van der Waals surface area contributed by atoms with Gasteiger partial charge in [0.15, 0.2) is 0 Å². The van der Waals surface area contributed by atoms with E-state index in [1.165, 1.54) is 43.5 Å². The highest BCUT2D eigenvalue weighted by Crippen LogP contribution is 2.51. The topological polar surface area (TPSA) is 142 Å². The first kappa shape index (κ1) is 25.6. The van der Waals surface area contributed by atoms with Crippen LogP contribution in [0.5, 0.6) is 17.2 Å². The van der Waals surface area contributed by atoms with E-state index < -0.39 is 17.8 Å². The van der Waals surface area contributed by atoms with Gasteiger partial charge in [-0.05, 0) is 47.2 Å². The van der Waals surface area contributed by atoms with Crippen molar-refractivity contribution >= 4 is 45.1 Å². The molecule has 0 fully saturated rings. The molecule has 0 aromatic heterocycles. The molecule has 11 heteroatoms. The van der Waals surface area contributed by atoms with Crippen molar-refractivity contribution in [3.05, 3.63) is 91.0 Å². The van der Waals surface area contributed by atoms with Crippen LogP contribution in [0.25, 0.3) is 32.7 Å². The van der Waals surface area contributed by atoms with Crippen LogP contribution in [0.2, 0.25) is 0 Å². The predicted octanol–water partition coefficient (Wildman–Crippen LogP) is 5.65. The van der Waals surface area contributed by atoms with Crippen LogP contribution in [0.3, 0.4) is 0 Å². The van der Waals surface area contributed by atoms with Crippen LogP contribution >= 0.6 is 7.82 Å². The summed E-state index contributed by atoms with van der Waals surface area (Å²) >= 11 is 0. The zero-order chi connectivity index (χ0) is 27.1. The van der Waals surface area contributed by atoms with Crippen LogP contribution in [0.1, 0.15) is 0 Å². The molecule has 5 aromatic carbocycles. The molecule has 0 aliphatic carbocycles. The van der Waals surface area contributed by atoms with E-state index in [1.807, 2.05) is 12.1 Å². The van der Waals surface area contributed by atoms with Gasteiger partial charge in [-0.15, -0.1) is 0 Å². The Balaban J connectivity index is 1.80. The minimum absolute atomic E-state index is 0.0208. The Labute approximate surface area is 218 Å². The molecule has 0 unspecified atom stereocenters. The molecule has 5 rings (SSSR count). The zero-order valence-electron chi connectivity index (χ0n) is 19.9. The zero-order valence-corrected chi connectivity index (χ0v) is 21.6. The van der Waals surface area contributed by atoms with Crippen LogP contribution < -0.4 is 14.0 Å². The number of methoxy groups -OCH3 is 1. The number of sulfonamides is 1. The molecule has 194 valence electrons. The van der Waals surface area contributed by atoms with Gasteiger partial charge >= 0.3 is 7.82 Å². The number of aromatic hydroxyl groups is 1. The number of benzene rings is 5. The summed E-state index contributed by atoms with van der Waals surface area (Å²) in [6, 6.07) is 23.9. The predicted molar refractivity (Wildman–Crippen MR) is 145 cm³/mol. The number of phenols is 1. The van der Waals surface area contributed by atoms with E-state index in [2.05, 4.69) is 4.72 Å². The molecule has 0 spiro atoms. The highest BCUT2D eigenvalue weighted by atomic mass is 32.2. The second-order valence-corrected chi connectivity index (χ2v) is 11.2. The SMILES string of the molecule is COc1ccc(S(=O)(=O)Nc2cc(-c3c(O)ccc4ccccc34)c(OP(=O)(O)O)c3ccccc23)cc1. The summed E-state index contributed by atoms with van der Waals surface area (Å²) in [5.74, 6) is 0.105. The summed E-state index contributed by atoms with van der Waals surface area (Å²) in [4.78, 5) is 19.5. The molecule has 0 saturated carbocycles. The number of phosphoric ester groups is 1.